The maximum absolute atomic E-state index is 13.7. The summed E-state index contributed by atoms with van der Waals surface area (Å²) in [4.78, 5) is 21.2. The number of aliphatic imine (C=N–C) groups is 1. The van der Waals surface area contributed by atoms with Crippen molar-refractivity contribution in [3.05, 3.63) is 87.5 Å². The molecule has 174 valence electrons. The lowest BCUT2D eigenvalue weighted by atomic mass is 9.94. The fourth-order valence-corrected chi connectivity index (χ4v) is 6.08. The number of para-hydroxylation sites is 1. The van der Waals surface area contributed by atoms with Gasteiger partial charge in [0.15, 0.2) is 5.17 Å². The number of rotatable bonds is 4. The van der Waals surface area contributed by atoms with Crippen LogP contribution in [-0.2, 0) is 4.79 Å². The van der Waals surface area contributed by atoms with Crippen molar-refractivity contribution in [2.45, 2.75) is 52.0 Å². The molecule has 0 N–H and O–H groups in total. The number of hydrogen-bond donors (Lipinski definition) is 0. The first-order valence-electron chi connectivity index (χ1n) is 11.8. The molecule has 0 bridgehead atoms. The Balaban J connectivity index is 1.52. The zero-order valence-electron chi connectivity index (χ0n) is 19.5. The van der Waals surface area contributed by atoms with Crippen LogP contribution in [0, 0.1) is 13.8 Å². The molecule has 1 amide bonds. The number of amidine groups is 1. The van der Waals surface area contributed by atoms with Gasteiger partial charge in [0.2, 0.25) is 0 Å². The van der Waals surface area contributed by atoms with Crippen LogP contribution in [0.3, 0.4) is 0 Å². The van der Waals surface area contributed by atoms with Crippen molar-refractivity contribution in [1.82, 2.24) is 9.47 Å². The fraction of sp³-hybridized carbons (Fsp3) is 0.286. The predicted octanol–water partition coefficient (Wildman–Crippen LogP) is 7.68. The normalized spacial score (nSPS) is 19.5. The lowest BCUT2D eigenvalue weighted by Crippen LogP contribution is -2.40. The van der Waals surface area contributed by atoms with Crippen molar-refractivity contribution < 1.29 is 4.79 Å². The summed E-state index contributed by atoms with van der Waals surface area (Å²) in [5.74, 6) is 0.0721. The number of aryl methyl sites for hydroxylation is 1. The molecule has 5 rings (SSSR count). The molecule has 1 aromatic heterocycles. The third-order valence-electron chi connectivity index (χ3n) is 6.60. The topological polar surface area (TPSA) is 37.6 Å². The van der Waals surface area contributed by atoms with Gasteiger partial charge in [-0.3, -0.25) is 9.69 Å². The molecule has 3 aromatic rings. The van der Waals surface area contributed by atoms with E-state index in [2.05, 4.69) is 24.5 Å². The van der Waals surface area contributed by atoms with Crippen molar-refractivity contribution in [3.63, 3.8) is 0 Å². The van der Waals surface area contributed by atoms with Crippen molar-refractivity contribution in [2.24, 2.45) is 4.99 Å². The van der Waals surface area contributed by atoms with E-state index >= 15 is 0 Å². The first-order chi connectivity index (χ1) is 16.5. The molecule has 1 saturated heterocycles. The number of aromatic nitrogens is 1. The van der Waals surface area contributed by atoms with Crippen LogP contribution in [0.2, 0.25) is 5.02 Å². The Morgan fingerprint density at radius 2 is 1.71 bits per heavy atom. The highest BCUT2D eigenvalue weighted by Crippen LogP contribution is 2.39. The van der Waals surface area contributed by atoms with Crippen molar-refractivity contribution in [1.29, 1.82) is 0 Å². The second-order valence-corrected chi connectivity index (χ2v) is 10.4. The van der Waals surface area contributed by atoms with Gasteiger partial charge in [-0.1, -0.05) is 49.1 Å². The Labute approximate surface area is 210 Å². The minimum Gasteiger partial charge on any atom is -0.318 e. The first-order valence-corrected chi connectivity index (χ1v) is 13.0. The first kappa shape index (κ1) is 23.0. The molecule has 0 radical (unpaired) electrons. The maximum atomic E-state index is 13.7. The van der Waals surface area contributed by atoms with E-state index in [1.807, 2.05) is 65.6 Å². The molecule has 2 aromatic carbocycles. The summed E-state index contributed by atoms with van der Waals surface area (Å²) in [6.45, 7) is 4.18. The number of amides is 1. The monoisotopic (exact) mass is 489 g/mol. The van der Waals surface area contributed by atoms with E-state index in [0.717, 1.165) is 56.3 Å². The molecule has 2 heterocycles. The van der Waals surface area contributed by atoms with Crippen molar-refractivity contribution in [3.8, 4) is 5.69 Å². The van der Waals surface area contributed by atoms with Gasteiger partial charge in [-0.05, 0) is 92.6 Å². The number of carbonyl (C=O) groups excluding carboxylic acids is 1. The molecule has 34 heavy (non-hydrogen) atoms. The molecule has 0 spiro atoms. The van der Waals surface area contributed by atoms with E-state index in [9.17, 15) is 4.79 Å². The molecule has 2 aliphatic rings. The van der Waals surface area contributed by atoms with Crippen molar-refractivity contribution in [2.75, 3.05) is 0 Å². The number of thioether (sulfide) groups is 1. The highest BCUT2D eigenvalue weighted by Gasteiger charge is 2.38. The molecule has 2 fully saturated rings. The molecular formula is C28H28ClN3OS. The Morgan fingerprint density at radius 1 is 1.00 bits per heavy atom. The number of carbonyl (C=O) groups is 1. The van der Waals surface area contributed by atoms with E-state index in [1.165, 1.54) is 31.0 Å². The zero-order valence-corrected chi connectivity index (χ0v) is 21.1. The van der Waals surface area contributed by atoms with E-state index in [-0.39, 0.29) is 11.9 Å². The quantitative estimate of drug-likeness (QED) is 0.352. The van der Waals surface area contributed by atoms with Gasteiger partial charge in [0.1, 0.15) is 0 Å². The zero-order chi connectivity index (χ0) is 23.7. The molecule has 1 aliphatic heterocycles. The second-order valence-electron chi connectivity index (χ2n) is 8.95. The lowest BCUT2D eigenvalue weighted by molar-refractivity contribution is -0.124. The molecule has 4 nitrogen and oxygen atoms in total. The number of hydrogen-bond acceptors (Lipinski definition) is 3. The Morgan fingerprint density at radius 3 is 2.41 bits per heavy atom. The minimum absolute atomic E-state index is 0.0721. The second kappa shape index (κ2) is 9.85. The molecule has 6 heteroatoms. The van der Waals surface area contributed by atoms with Crippen LogP contribution in [0.1, 0.15) is 49.1 Å². The molecule has 0 unspecified atom stereocenters. The van der Waals surface area contributed by atoms with Crippen LogP contribution in [-0.4, -0.2) is 26.6 Å². The van der Waals surface area contributed by atoms with E-state index < -0.39 is 0 Å². The number of nitrogens with zero attached hydrogens (tertiary/aromatic N) is 3. The molecule has 1 aliphatic carbocycles. The van der Waals surface area contributed by atoms with Gasteiger partial charge >= 0.3 is 0 Å². The summed E-state index contributed by atoms with van der Waals surface area (Å²) >= 11 is 7.58. The summed E-state index contributed by atoms with van der Waals surface area (Å²) in [7, 11) is 0. The van der Waals surface area contributed by atoms with Crippen molar-refractivity contribution >= 4 is 46.2 Å². The van der Waals surface area contributed by atoms with Crippen LogP contribution < -0.4 is 0 Å². The summed E-state index contributed by atoms with van der Waals surface area (Å²) in [6, 6.07) is 20.1. The Hall–Kier alpha value is -2.76. The Bertz CT molecular complexity index is 1250. The highest BCUT2D eigenvalue weighted by atomic mass is 35.5. The largest absolute Gasteiger partial charge is 0.318 e. The number of benzene rings is 2. The van der Waals surface area contributed by atoms with Crippen LogP contribution in [0.25, 0.3) is 11.8 Å². The standard InChI is InChI=1S/C28H28ClN3OS/c1-19-17-21(20(2)31(19)25-15-13-22(29)14-16-25)18-26-27(33)32(24-11-7-4-8-12-24)28(34-26)30-23-9-5-3-6-10-23/h3,5-6,9-10,13-18,24H,4,7-8,11-12H2,1-2H3. The average molecular weight is 490 g/mol. The summed E-state index contributed by atoms with van der Waals surface area (Å²) < 4.78 is 2.20. The van der Waals surface area contributed by atoms with E-state index in [1.54, 1.807) is 0 Å². The third kappa shape index (κ3) is 4.59. The maximum Gasteiger partial charge on any atom is 0.267 e. The van der Waals surface area contributed by atoms with Gasteiger partial charge in [-0.25, -0.2) is 4.99 Å². The molecular weight excluding hydrogens is 462 g/mol. The summed E-state index contributed by atoms with van der Waals surface area (Å²) in [5.41, 5.74) is 5.20. The Kier molecular flexibility index (Phi) is 6.66. The van der Waals surface area contributed by atoms with Gasteiger partial charge < -0.3 is 4.57 Å². The van der Waals surface area contributed by atoms with Crippen LogP contribution in [0.15, 0.2) is 70.6 Å². The van der Waals surface area contributed by atoms with Gasteiger partial charge in [-0.15, -0.1) is 0 Å². The van der Waals surface area contributed by atoms with Gasteiger partial charge in [0, 0.05) is 28.1 Å². The molecule has 0 atom stereocenters. The van der Waals surface area contributed by atoms with Crippen LogP contribution >= 0.6 is 23.4 Å². The highest BCUT2D eigenvalue weighted by molar-refractivity contribution is 8.18. The van der Waals surface area contributed by atoms with E-state index in [0.29, 0.717) is 0 Å². The van der Waals surface area contributed by atoms with Gasteiger partial charge in [-0.2, -0.15) is 0 Å². The van der Waals surface area contributed by atoms with E-state index in [4.69, 9.17) is 16.6 Å². The lowest BCUT2D eigenvalue weighted by Gasteiger charge is -2.30. The summed E-state index contributed by atoms with van der Waals surface area (Å²) in [6.07, 6.45) is 7.69. The van der Waals surface area contributed by atoms with Crippen LogP contribution in [0.5, 0.6) is 0 Å². The number of halogens is 1. The summed E-state index contributed by atoms with van der Waals surface area (Å²) in [5, 5.41) is 1.51. The molecule has 1 saturated carbocycles. The third-order valence-corrected chi connectivity index (χ3v) is 7.83. The van der Waals surface area contributed by atoms with Gasteiger partial charge in [0.25, 0.3) is 5.91 Å². The SMILES string of the molecule is Cc1cc(C=C2SC(=Nc3ccccc3)N(C3CCCCC3)C2=O)c(C)n1-c1ccc(Cl)cc1. The smallest absolute Gasteiger partial charge is 0.267 e. The average Bonchev–Trinajstić information content (AvgIpc) is 3.30. The fourth-order valence-electron chi connectivity index (χ4n) is 4.90. The van der Waals surface area contributed by atoms with Crippen LogP contribution in [0.4, 0.5) is 5.69 Å². The van der Waals surface area contributed by atoms with Gasteiger partial charge in [0.05, 0.1) is 10.6 Å². The minimum atomic E-state index is 0.0721. The predicted molar refractivity (Wildman–Crippen MR) is 143 cm³/mol.